The fourth-order valence-electron chi connectivity index (χ4n) is 2.51. The Hall–Kier alpha value is -1.65. The van der Waals surface area contributed by atoms with Crippen LogP contribution in [0.1, 0.15) is 24.2 Å². The van der Waals surface area contributed by atoms with Crippen molar-refractivity contribution in [3.05, 3.63) is 54.1 Å². The molecule has 1 unspecified atom stereocenters. The van der Waals surface area contributed by atoms with E-state index in [1.807, 2.05) is 12.5 Å². The molecule has 2 N–H and O–H groups in total. The van der Waals surface area contributed by atoms with Crippen molar-refractivity contribution in [2.45, 2.75) is 25.9 Å². The number of imidazole rings is 1. The summed E-state index contributed by atoms with van der Waals surface area (Å²) in [5, 5.41) is 0. The summed E-state index contributed by atoms with van der Waals surface area (Å²) in [6.07, 6.45) is 4.84. The normalized spacial score (nSPS) is 12.8. The van der Waals surface area contributed by atoms with Gasteiger partial charge in [0, 0.05) is 25.8 Å². The summed E-state index contributed by atoms with van der Waals surface area (Å²) in [7, 11) is 2.13. The van der Waals surface area contributed by atoms with E-state index >= 15 is 0 Å². The highest BCUT2D eigenvalue weighted by molar-refractivity contribution is 5.15. The zero-order valence-electron chi connectivity index (χ0n) is 12.4. The second-order valence-electron chi connectivity index (χ2n) is 5.07. The quantitative estimate of drug-likeness (QED) is 0.839. The molecule has 0 amide bonds. The van der Waals surface area contributed by atoms with Crippen LogP contribution in [0.15, 0.2) is 42.9 Å². The van der Waals surface area contributed by atoms with Crippen molar-refractivity contribution in [2.75, 3.05) is 20.1 Å². The van der Waals surface area contributed by atoms with Gasteiger partial charge in [0.15, 0.2) is 0 Å². The van der Waals surface area contributed by atoms with Gasteiger partial charge in [0.05, 0.1) is 18.1 Å². The van der Waals surface area contributed by atoms with Crippen molar-refractivity contribution in [2.24, 2.45) is 5.73 Å². The zero-order chi connectivity index (χ0) is 14.4. The Morgan fingerprint density at radius 3 is 2.70 bits per heavy atom. The third kappa shape index (κ3) is 3.46. The van der Waals surface area contributed by atoms with Crippen LogP contribution < -0.4 is 5.73 Å². The first kappa shape index (κ1) is 14.8. The minimum Gasteiger partial charge on any atom is -0.333 e. The SMILES string of the molecule is CCn1cncc1C(CN)N(C)CCc1ccccc1. The maximum absolute atomic E-state index is 5.97. The van der Waals surface area contributed by atoms with Gasteiger partial charge in [-0.1, -0.05) is 30.3 Å². The summed E-state index contributed by atoms with van der Waals surface area (Å²) in [6.45, 7) is 4.65. The molecular weight excluding hydrogens is 248 g/mol. The van der Waals surface area contributed by atoms with Gasteiger partial charge < -0.3 is 10.3 Å². The molecule has 0 saturated carbocycles. The van der Waals surface area contributed by atoms with E-state index in [2.05, 4.69) is 58.8 Å². The molecule has 0 bridgehead atoms. The van der Waals surface area contributed by atoms with Crippen LogP contribution in [0.3, 0.4) is 0 Å². The van der Waals surface area contributed by atoms with Crippen molar-refractivity contribution in [3.63, 3.8) is 0 Å². The third-order valence-corrected chi connectivity index (χ3v) is 3.78. The van der Waals surface area contributed by atoms with E-state index in [1.54, 1.807) is 0 Å². The monoisotopic (exact) mass is 272 g/mol. The Morgan fingerprint density at radius 2 is 2.05 bits per heavy atom. The number of hydrogen-bond donors (Lipinski definition) is 1. The van der Waals surface area contributed by atoms with Gasteiger partial charge >= 0.3 is 0 Å². The van der Waals surface area contributed by atoms with Crippen LogP contribution in [0.5, 0.6) is 0 Å². The lowest BCUT2D eigenvalue weighted by Gasteiger charge is -2.27. The van der Waals surface area contributed by atoms with Crippen LogP contribution in [-0.2, 0) is 13.0 Å². The number of benzene rings is 1. The minimum absolute atomic E-state index is 0.223. The standard InChI is InChI=1S/C16H24N4/c1-3-20-13-18-12-16(20)15(11-17)19(2)10-9-14-7-5-4-6-8-14/h4-8,12-13,15H,3,9-11,17H2,1-2H3. The fraction of sp³-hybridized carbons (Fsp3) is 0.438. The predicted octanol–water partition coefficient (Wildman–Crippen LogP) is 2.08. The number of aryl methyl sites for hydroxylation is 1. The van der Waals surface area contributed by atoms with Gasteiger partial charge in [-0.05, 0) is 26.0 Å². The molecule has 0 aliphatic rings. The number of likely N-dealkylation sites (N-methyl/N-ethyl adjacent to an activating group) is 1. The second-order valence-corrected chi connectivity index (χ2v) is 5.07. The third-order valence-electron chi connectivity index (χ3n) is 3.78. The van der Waals surface area contributed by atoms with Crippen LogP contribution in [0.4, 0.5) is 0 Å². The molecular formula is C16H24N4. The Kier molecular flexibility index (Phi) is 5.32. The second kappa shape index (κ2) is 7.22. The highest BCUT2D eigenvalue weighted by Gasteiger charge is 2.18. The van der Waals surface area contributed by atoms with E-state index in [0.717, 1.165) is 19.5 Å². The lowest BCUT2D eigenvalue weighted by Crippen LogP contribution is -2.33. The number of hydrogen-bond acceptors (Lipinski definition) is 3. The molecule has 2 aromatic rings. The number of nitrogens with zero attached hydrogens (tertiary/aromatic N) is 3. The van der Waals surface area contributed by atoms with Crippen LogP contribution >= 0.6 is 0 Å². The lowest BCUT2D eigenvalue weighted by molar-refractivity contribution is 0.243. The first-order valence-electron chi connectivity index (χ1n) is 7.20. The van der Waals surface area contributed by atoms with E-state index in [1.165, 1.54) is 11.3 Å². The van der Waals surface area contributed by atoms with Gasteiger partial charge in [-0.25, -0.2) is 4.98 Å². The van der Waals surface area contributed by atoms with E-state index in [-0.39, 0.29) is 6.04 Å². The maximum Gasteiger partial charge on any atom is 0.0948 e. The van der Waals surface area contributed by atoms with E-state index in [0.29, 0.717) is 6.54 Å². The van der Waals surface area contributed by atoms with Crippen LogP contribution in [0.2, 0.25) is 0 Å². The lowest BCUT2D eigenvalue weighted by atomic mass is 10.1. The van der Waals surface area contributed by atoms with Crippen LogP contribution in [-0.4, -0.2) is 34.6 Å². The van der Waals surface area contributed by atoms with Gasteiger partial charge in [-0.2, -0.15) is 0 Å². The predicted molar refractivity (Wildman–Crippen MR) is 82.5 cm³/mol. The van der Waals surface area contributed by atoms with E-state index in [9.17, 15) is 0 Å². The molecule has 0 aliphatic carbocycles. The Morgan fingerprint density at radius 1 is 1.30 bits per heavy atom. The van der Waals surface area contributed by atoms with Crippen molar-refractivity contribution in [3.8, 4) is 0 Å². The molecule has 108 valence electrons. The average Bonchev–Trinajstić information content (AvgIpc) is 2.95. The molecule has 2 rings (SSSR count). The molecule has 20 heavy (non-hydrogen) atoms. The number of nitrogens with two attached hydrogens (primary N) is 1. The first-order valence-corrected chi connectivity index (χ1v) is 7.20. The first-order chi connectivity index (χ1) is 9.76. The zero-order valence-corrected chi connectivity index (χ0v) is 12.4. The maximum atomic E-state index is 5.97. The van der Waals surface area contributed by atoms with Crippen LogP contribution in [0.25, 0.3) is 0 Å². The average molecular weight is 272 g/mol. The molecule has 0 spiro atoms. The molecule has 4 heteroatoms. The molecule has 0 saturated heterocycles. The highest BCUT2D eigenvalue weighted by Crippen LogP contribution is 2.18. The summed E-state index contributed by atoms with van der Waals surface area (Å²) < 4.78 is 2.16. The minimum atomic E-state index is 0.223. The highest BCUT2D eigenvalue weighted by atomic mass is 15.2. The summed E-state index contributed by atoms with van der Waals surface area (Å²) in [5.41, 5.74) is 8.53. The van der Waals surface area contributed by atoms with E-state index in [4.69, 9.17) is 5.73 Å². The summed E-state index contributed by atoms with van der Waals surface area (Å²) >= 11 is 0. The summed E-state index contributed by atoms with van der Waals surface area (Å²) in [6, 6.07) is 10.8. The van der Waals surface area contributed by atoms with Gasteiger partial charge in [-0.15, -0.1) is 0 Å². The molecule has 0 radical (unpaired) electrons. The van der Waals surface area contributed by atoms with Gasteiger partial charge in [0.1, 0.15) is 0 Å². The Balaban J connectivity index is 2.00. The van der Waals surface area contributed by atoms with Crippen molar-refractivity contribution in [1.82, 2.24) is 14.5 Å². The van der Waals surface area contributed by atoms with Crippen molar-refractivity contribution in [1.29, 1.82) is 0 Å². The largest absolute Gasteiger partial charge is 0.333 e. The topological polar surface area (TPSA) is 47.1 Å². The van der Waals surface area contributed by atoms with Gasteiger partial charge in [0.2, 0.25) is 0 Å². The molecule has 4 nitrogen and oxygen atoms in total. The Bertz CT molecular complexity index is 506. The molecule has 1 heterocycles. The smallest absolute Gasteiger partial charge is 0.0948 e. The Labute approximate surface area is 121 Å². The molecule has 1 aromatic heterocycles. The molecule has 0 aliphatic heterocycles. The summed E-state index contributed by atoms with van der Waals surface area (Å²) in [5.74, 6) is 0. The van der Waals surface area contributed by atoms with Crippen LogP contribution in [0, 0.1) is 0 Å². The summed E-state index contributed by atoms with van der Waals surface area (Å²) in [4.78, 5) is 6.56. The van der Waals surface area contributed by atoms with Crippen molar-refractivity contribution < 1.29 is 0 Å². The molecule has 1 aromatic carbocycles. The molecule has 0 fully saturated rings. The number of aromatic nitrogens is 2. The van der Waals surface area contributed by atoms with Gasteiger partial charge in [-0.3, -0.25) is 4.90 Å². The van der Waals surface area contributed by atoms with E-state index < -0.39 is 0 Å². The molecule has 1 atom stereocenters. The van der Waals surface area contributed by atoms with Gasteiger partial charge in [0.25, 0.3) is 0 Å². The fourth-order valence-corrected chi connectivity index (χ4v) is 2.51. The number of rotatable bonds is 7. The van der Waals surface area contributed by atoms with Crippen molar-refractivity contribution >= 4 is 0 Å².